The molecule has 3 aromatic rings. The number of benzene rings is 3. The summed E-state index contributed by atoms with van der Waals surface area (Å²) >= 11 is 0. The van der Waals surface area contributed by atoms with Crippen molar-refractivity contribution < 1.29 is 10.2 Å². The van der Waals surface area contributed by atoms with E-state index >= 15 is 0 Å². The van der Waals surface area contributed by atoms with Crippen molar-refractivity contribution in [2.75, 3.05) is 0 Å². The summed E-state index contributed by atoms with van der Waals surface area (Å²) in [5.41, 5.74) is 6.89. The molecular formula is C26H30O2. The van der Waals surface area contributed by atoms with Gasteiger partial charge in [0.05, 0.1) is 0 Å². The van der Waals surface area contributed by atoms with E-state index in [2.05, 4.69) is 64.1 Å². The molecule has 0 saturated carbocycles. The molecule has 0 fully saturated rings. The van der Waals surface area contributed by atoms with Crippen LogP contribution < -0.4 is 0 Å². The van der Waals surface area contributed by atoms with Crippen molar-refractivity contribution in [2.24, 2.45) is 0 Å². The second kappa shape index (κ2) is 8.52. The molecule has 3 rings (SSSR count). The molecule has 3 aromatic carbocycles. The van der Waals surface area contributed by atoms with Gasteiger partial charge in [0.25, 0.3) is 0 Å². The minimum Gasteiger partial charge on any atom is -0.508 e. The fraction of sp³-hybridized carbons (Fsp3) is 0.308. The number of aryl methyl sites for hydroxylation is 2. The van der Waals surface area contributed by atoms with Crippen molar-refractivity contribution in [3.05, 3.63) is 94.0 Å². The summed E-state index contributed by atoms with van der Waals surface area (Å²) in [6.45, 7) is 8.42. The van der Waals surface area contributed by atoms with E-state index in [0.717, 1.165) is 24.0 Å². The predicted octanol–water partition coefficient (Wildman–Crippen LogP) is 6.41. The summed E-state index contributed by atoms with van der Waals surface area (Å²) in [6.07, 6.45) is 1.79. The largest absolute Gasteiger partial charge is 0.508 e. The zero-order valence-corrected chi connectivity index (χ0v) is 17.2. The van der Waals surface area contributed by atoms with Gasteiger partial charge in [0.1, 0.15) is 11.5 Å². The Labute approximate surface area is 168 Å². The van der Waals surface area contributed by atoms with Crippen LogP contribution in [-0.2, 0) is 12.8 Å². The molecule has 2 unspecified atom stereocenters. The zero-order valence-electron chi connectivity index (χ0n) is 17.2. The molecule has 0 amide bonds. The number of aromatic hydroxyl groups is 2. The molecule has 28 heavy (non-hydrogen) atoms. The number of hydrogen-bond donors (Lipinski definition) is 2. The van der Waals surface area contributed by atoms with Crippen LogP contribution in [0.2, 0.25) is 0 Å². The molecule has 2 heteroatoms. The minimum absolute atomic E-state index is 0.258. The van der Waals surface area contributed by atoms with Crippen molar-refractivity contribution in [2.45, 2.75) is 52.4 Å². The average Bonchev–Trinajstić information content (AvgIpc) is 2.67. The van der Waals surface area contributed by atoms with E-state index in [0.29, 0.717) is 11.5 Å². The number of hydrogen-bond acceptors (Lipinski definition) is 2. The van der Waals surface area contributed by atoms with Gasteiger partial charge < -0.3 is 10.2 Å². The van der Waals surface area contributed by atoms with Gasteiger partial charge in [0.2, 0.25) is 0 Å². The molecule has 2 nitrogen and oxygen atoms in total. The highest BCUT2D eigenvalue weighted by atomic mass is 16.3. The maximum atomic E-state index is 10.2. The van der Waals surface area contributed by atoms with E-state index < -0.39 is 0 Å². The van der Waals surface area contributed by atoms with Gasteiger partial charge in [-0.05, 0) is 72.9 Å². The van der Waals surface area contributed by atoms with Crippen LogP contribution in [0.4, 0.5) is 0 Å². The molecule has 0 saturated heterocycles. The van der Waals surface area contributed by atoms with Crippen LogP contribution in [0.3, 0.4) is 0 Å². The third-order valence-electron chi connectivity index (χ3n) is 5.53. The highest BCUT2D eigenvalue weighted by Gasteiger charge is 2.13. The fourth-order valence-corrected chi connectivity index (χ4v) is 3.88. The van der Waals surface area contributed by atoms with Gasteiger partial charge in [-0.2, -0.15) is 0 Å². The van der Waals surface area contributed by atoms with Crippen LogP contribution in [-0.4, -0.2) is 10.2 Å². The van der Waals surface area contributed by atoms with Gasteiger partial charge >= 0.3 is 0 Å². The molecule has 0 aliphatic rings. The third kappa shape index (κ3) is 4.75. The van der Waals surface area contributed by atoms with E-state index in [1.165, 1.54) is 22.3 Å². The summed E-state index contributed by atoms with van der Waals surface area (Å²) in [4.78, 5) is 0. The Balaban J connectivity index is 1.68. The van der Waals surface area contributed by atoms with Crippen molar-refractivity contribution in [3.8, 4) is 11.5 Å². The van der Waals surface area contributed by atoms with Crippen LogP contribution >= 0.6 is 0 Å². The predicted molar refractivity (Wildman–Crippen MR) is 116 cm³/mol. The molecule has 2 atom stereocenters. The fourth-order valence-electron chi connectivity index (χ4n) is 3.88. The molecule has 0 aliphatic carbocycles. The molecule has 2 N–H and O–H groups in total. The Kier molecular flexibility index (Phi) is 6.08. The van der Waals surface area contributed by atoms with Crippen LogP contribution in [0.25, 0.3) is 0 Å². The van der Waals surface area contributed by atoms with E-state index in [-0.39, 0.29) is 11.8 Å². The zero-order chi connectivity index (χ0) is 20.3. The first-order valence-corrected chi connectivity index (χ1v) is 10.0. The van der Waals surface area contributed by atoms with Gasteiger partial charge in [-0.3, -0.25) is 0 Å². The Morgan fingerprint density at radius 2 is 0.964 bits per heavy atom. The molecule has 0 aliphatic heterocycles. The van der Waals surface area contributed by atoms with Crippen LogP contribution in [0.15, 0.2) is 60.7 Å². The van der Waals surface area contributed by atoms with Gasteiger partial charge in [-0.1, -0.05) is 73.5 Å². The maximum Gasteiger partial charge on any atom is 0.119 e. The summed E-state index contributed by atoms with van der Waals surface area (Å²) in [6, 6.07) is 20.3. The standard InChI is InChI=1S/C26H30O2/c1-17-5-11-25(27)23(13-17)19(3)15-21-7-9-22(10-8-21)16-20(4)24-14-18(2)6-12-26(24)28/h5-14,19-20,27-28H,15-16H2,1-4H3. The van der Waals surface area contributed by atoms with Gasteiger partial charge in [-0.15, -0.1) is 0 Å². The smallest absolute Gasteiger partial charge is 0.119 e. The number of phenols is 2. The Hall–Kier alpha value is -2.74. The summed E-state index contributed by atoms with van der Waals surface area (Å²) < 4.78 is 0. The first-order chi connectivity index (χ1) is 13.3. The van der Waals surface area contributed by atoms with Crippen molar-refractivity contribution in [1.82, 2.24) is 0 Å². The highest BCUT2D eigenvalue weighted by molar-refractivity contribution is 5.40. The molecule has 146 valence electrons. The lowest BCUT2D eigenvalue weighted by atomic mass is 9.89. The first-order valence-electron chi connectivity index (χ1n) is 10.0. The first kappa shape index (κ1) is 20.0. The molecular weight excluding hydrogens is 344 g/mol. The number of rotatable bonds is 6. The lowest BCUT2D eigenvalue weighted by Gasteiger charge is -2.16. The summed E-state index contributed by atoms with van der Waals surface area (Å²) in [7, 11) is 0. The quantitative estimate of drug-likeness (QED) is 0.523. The van der Waals surface area contributed by atoms with Crippen molar-refractivity contribution in [3.63, 3.8) is 0 Å². The number of phenolic OH excluding ortho intramolecular Hbond substituents is 2. The van der Waals surface area contributed by atoms with E-state index in [1.54, 1.807) is 12.1 Å². The van der Waals surface area contributed by atoms with E-state index in [1.807, 2.05) is 12.1 Å². The van der Waals surface area contributed by atoms with E-state index in [9.17, 15) is 10.2 Å². The van der Waals surface area contributed by atoms with Crippen LogP contribution in [0.1, 0.15) is 59.1 Å². The van der Waals surface area contributed by atoms with Crippen molar-refractivity contribution in [1.29, 1.82) is 0 Å². The minimum atomic E-state index is 0.258. The molecule has 0 spiro atoms. The highest BCUT2D eigenvalue weighted by Crippen LogP contribution is 2.31. The molecule has 0 bridgehead atoms. The normalized spacial score (nSPS) is 13.3. The Morgan fingerprint density at radius 1 is 0.607 bits per heavy atom. The second-order valence-corrected chi connectivity index (χ2v) is 8.15. The van der Waals surface area contributed by atoms with Gasteiger partial charge in [0.15, 0.2) is 0 Å². The average molecular weight is 375 g/mol. The lowest BCUT2D eigenvalue weighted by Crippen LogP contribution is -2.01. The summed E-state index contributed by atoms with van der Waals surface area (Å²) in [5, 5.41) is 20.3. The third-order valence-corrected chi connectivity index (χ3v) is 5.53. The summed E-state index contributed by atoms with van der Waals surface area (Å²) in [5.74, 6) is 1.27. The monoisotopic (exact) mass is 374 g/mol. The van der Waals surface area contributed by atoms with Crippen LogP contribution in [0.5, 0.6) is 11.5 Å². The Morgan fingerprint density at radius 3 is 1.32 bits per heavy atom. The van der Waals surface area contributed by atoms with Crippen molar-refractivity contribution >= 4 is 0 Å². The second-order valence-electron chi connectivity index (χ2n) is 8.15. The van der Waals surface area contributed by atoms with E-state index in [4.69, 9.17) is 0 Å². The molecule has 0 heterocycles. The SMILES string of the molecule is Cc1ccc(O)c(C(C)Cc2ccc(CC(C)c3cc(C)ccc3O)cc2)c1. The maximum absolute atomic E-state index is 10.2. The molecule has 0 aromatic heterocycles. The topological polar surface area (TPSA) is 40.5 Å². The van der Waals surface area contributed by atoms with Gasteiger partial charge in [-0.25, -0.2) is 0 Å². The molecule has 0 radical (unpaired) electrons. The van der Waals surface area contributed by atoms with Crippen LogP contribution in [0, 0.1) is 13.8 Å². The van der Waals surface area contributed by atoms with Gasteiger partial charge in [0, 0.05) is 0 Å². The lowest BCUT2D eigenvalue weighted by molar-refractivity contribution is 0.461. The Bertz CT molecular complexity index is 863.